The molecule has 5 N–H and O–H groups in total. The molecule has 0 spiro atoms. The summed E-state index contributed by atoms with van der Waals surface area (Å²) in [5.41, 5.74) is 3.97. The lowest BCUT2D eigenvalue weighted by molar-refractivity contribution is -0.0244. The molecule has 1 aliphatic rings. The van der Waals surface area contributed by atoms with Crippen LogP contribution in [0.5, 0.6) is 0 Å². The molecule has 11 heteroatoms. The highest BCUT2D eigenvalue weighted by atomic mass is 32.1. The van der Waals surface area contributed by atoms with Crippen molar-refractivity contribution in [3.63, 3.8) is 0 Å². The van der Waals surface area contributed by atoms with Crippen LogP contribution >= 0.6 is 11.7 Å². The van der Waals surface area contributed by atoms with Crippen LogP contribution < -0.4 is 10.6 Å². The third-order valence-corrected chi connectivity index (χ3v) is 5.54. The minimum Gasteiger partial charge on any atom is -0.394 e. The van der Waals surface area contributed by atoms with Crippen molar-refractivity contribution >= 4 is 51.2 Å². The van der Waals surface area contributed by atoms with Gasteiger partial charge in [0.1, 0.15) is 29.1 Å². The Hall–Kier alpha value is -3.12. The minimum absolute atomic E-state index is 0.244. The molecule has 30 heavy (non-hydrogen) atoms. The number of aliphatic hydroxyl groups is 2. The summed E-state index contributed by atoms with van der Waals surface area (Å²) in [4.78, 5) is 20.1. The molecule has 2 amide bonds. The number of urea groups is 1. The van der Waals surface area contributed by atoms with Crippen molar-refractivity contribution in [3.8, 4) is 0 Å². The summed E-state index contributed by atoms with van der Waals surface area (Å²) >= 11 is 1.09. The Morgan fingerprint density at radius 1 is 1.23 bits per heavy atom. The van der Waals surface area contributed by atoms with Crippen molar-refractivity contribution < 1.29 is 19.7 Å². The van der Waals surface area contributed by atoms with Crippen LogP contribution in [0.25, 0.3) is 22.1 Å². The van der Waals surface area contributed by atoms with E-state index in [0.29, 0.717) is 34.7 Å². The quantitative estimate of drug-likeness (QED) is 0.337. The maximum Gasteiger partial charge on any atom is 0.323 e. The SMILES string of the molecule is O=C(Nc1ccc2nc([C@H]3C[C@H](O)[C@@H](CO)O3)[nH]c2c1)Nc1cccc2nsnc12. The van der Waals surface area contributed by atoms with Crippen LogP contribution in [-0.2, 0) is 4.74 Å². The number of ether oxygens (including phenoxy) is 1. The van der Waals surface area contributed by atoms with E-state index < -0.39 is 24.3 Å². The predicted octanol–water partition coefficient (Wildman–Crippen LogP) is 2.39. The van der Waals surface area contributed by atoms with Gasteiger partial charge >= 0.3 is 6.03 Å². The first-order valence-corrected chi connectivity index (χ1v) is 10.1. The molecule has 1 saturated heterocycles. The van der Waals surface area contributed by atoms with Crippen LogP contribution in [0.3, 0.4) is 0 Å². The molecule has 154 valence electrons. The average Bonchev–Trinajstić information content (AvgIpc) is 3.45. The van der Waals surface area contributed by atoms with Gasteiger partial charge < -0.3 is 30.6 Å². The van der Waals surface area contributed by atoms with E-state index in [1.165, 1.54) is 0 Å². The van der Waals surface area contributed by atoms with Crippen LogP contribution in [0, 0.1) is 0 Å². The summed E-state index contributed by atoms with van der Waals surface area (Å²) in [5, 5.41) is 24.8. The van der Waals surface area contributed by atoms with E-state index in [4.69, 9.17) is 4.74 Å². The van der Waals surface area contributed by atoms with E-state index in [0.717, 1.165) is 22.8 Å². The van der Waals surface area contributed by atoms with Gasteiger partial charge in [-0.2, -0.15) is 8.75 Å². The molecule has 0 radical (unpaired) electrons. The Balaban J connectivity index is 1.31. The number of hydrogen-bond acceptors (Lipinski definition) is 8. The molecule has 4 aromatic rings. The summed E-state index contributed by atoms with van der Waals surface area (Å²) in [6.07, 6.45) is -1.40. The van der Waals surface area contributed by atoms with E-state index in [-0.39, 0.29) is 6.61 Å². The van der Waals surface area contributed by atoms with Crippen molar-refractivity contribution in [1.82, 2.24) is 18.7 Å². The van der Waals surface area contributed by atoms with Gasteiger partial charge in [-0.3, -0.25) is 0 Å². The van der Waals surface area contributed by atoms with Gasteiger partial charge in [0.25, 0.3) is 0 Å². The summed E-state index contributed by atoms with van der Waals surface area (Å²) in [7, 11) is 0. The number of nitrogens with zero attached hydrogens (tertiary/aromatic N) is 3. The highest BCUT2D eigenvalue weighted by molar-refractivity contribution is 7.00. The maximum atomic E-state index is 12.4. The lowest BCUT2D eigenvalue weighted by atomic mass is 10.1. The fraction of sp³-hybridized carbons (Fsp3) is 0.263. The lowest BCUT2D eigenvalue weighted by Gasteiger charge is -2.09. The number of anilines is 2. The van der Waals surface area contributed by atoms with Crippen molar-refractivity contribution in [3.05, 3.63) is 42.2 Å². The van der Waals surface area contributed by atoms with Gasteiger partial charge in [-0.1, -0.05) is 6.07 Å². The van der Waals surface area contributed by atoms with Gasteiger partial charge in [-0.05, 0) is 30.3 Å². The van der Waals surface area contributed by atoms with Crippen LogP contribution in [0.2, 0.25) is 0 Å². The number of hydrogen-bond donors (Lipinski definition) is 5. The molecule has 5 rings (SSSR count). The van der Waals surface area contributed by atoms with Crippen molar-refractivity contribution in [2.45, 2.75) is 24.7 Å². The normalized spacial score (nSPS) is 21.3. The number of aliphatic hydroxyl groups excluding tert-OH is 2. The smallest absolute Gasteiger partial charge is 0.323 e. The van der Waals surface area contributed by atoms with Gasteiger partial charge in [-0.25, -0.2) is 9.78 Å². The number of amides is 2. The van der Waals surface area contributed by atoms with Gasteiger partial charge in [0, 0.05) is 12.1 Å². The first-order valence-electron chi connectivity index (χ1n) is 9.34. The van der Waals surface area contributed by atoms with E-state index >= 15 is 0 Å². The third-order valence-electron chi connectivity index (χ3n) is 5.00. The number of rotatable bonds is 4. The zero-order valence-corrected chi connectivity index (χ0v) is 16.4. The number of aromatic amines is 1. The average molecular weight is 426 g/mol. The largest absolute Gasteiger partial charge is 0.394 e. The Labute approximate surface area is 174 Å². The zero-order valence-electron chi connectivity index (χ0n) is 15.6. The van der Waals surface area contributed by atoms with E-state index in [1.807, 2.05) is 6.07 Å². The van der Waals surface area contributed by atoms with E-state index in [1.54, 1.807) is 30.3 Å². The molecule has 1 fully saturated rings. The summed E-state index contributed by atoms with van der Waals surface area (Å²) < 4.78 is 14.0. The molecule has 0 unspecified atom stereocenters. The van der Waals surface area contributed by atoms with Crippen molar-refractivity contribution in [2.24, 2.45) is 0 Å². The van der Waals surface area contributed by atoms with E-state index in [2.05, 4.69) is 29.3 Å². The van der Waals surface area contributed by atoms with Gasteiger partial charge in [-0.15, -0.1) is 0 Å². The molecule has 0 bridgehead atoms. The zero-order chi connectivity index (χ0) is 20.7. The second-order valence-electron chi connectivity index (χ2n) is 7.02. The molecule has 1 aliphatic heterocycles. The Morgan fingerprint density at radius 3 is 2.97 bits per heavy atom. The molecule has 10 nitrogen and oxygen atoms in total. The molecule has 0 aliphatic carbocycles. The topological polar surface area (TPSA) is 145 Å². The van der Waals surface area contributed by atoms with Gasteiger partial charge in [0.05, 0.1) is 41.2 Å². The fourth-order valence-corrected chi connectivity index (χ4v) is 4.07. The highest BCUT2D eigenvalue weighted by Gasteiger charge is 2.35. The number of fused-ring (bicyclic) bond motifs is 2. The fourth-order valence-electron chi connectivity index (χ4n) is 3.52. The molecule has 3 heterocycles. The number of carbonyl (C=O) groups is 1. The molecule has 3 atom stereocenters. The molecule has 2 aromatic heterocycles. The summed E-state index contributed by atoms with van der Waals surface area (Å²) in [5.74, 6) is 0.573. The lowest BCUT2D eigenvalue weighted by Crippen LogP contribution is -2.24. The maximum absolute atomic E-state index is 12.4. The van der Waals surface area contributed by atoms with Crippen molar-refractivity contribution in [2.75, 3.05) is 17.2 Å². The van der Waals surface area contributed by atoms with Gasteiger partial charge in [0.15, 0.2) is 0 Å². The van der Waals surface area contributed by atoms with Crippen LogP contribution in [0.4, 0.5) is 16.2 Å². The Morgan fingerprint density at radius 2 is 2.13 bits per heavy atom. The monoisotopic (exact) mass is 426 g/mol. The second kappa shape index (κ2) is 7.61. The molecule has 0 saturated carbocycles. The number of nitrogens with one attached hydrogen (secondary N) is 3. The molecular formula is C19H18N6O4S. The first kappa shape index (κ1) is 18.9. The van der Waals surface area contributed by atoms with Crippen molar-refractivity contribution in [1.29, 1.82) is 0 Å². The first-order chi connectivity index (χ1) is 14.6. The summed E-state index contributed by atoms with van der Waals surface area (Å²) in [6.45, 7) is -0.244. The number of carbonyl (C=O) groups excluding carboxylic acids is 1. The second-order valence-corrected chi connectivity index (χ2v) is 7.55. The van der Waals surface area contributed by atoms with Crippen LogP contribution in [0.15, 0.2) is 36.4 Å². The van der Waals surface area contributed by atoms with E-state index in [9.17, 15) is 15.0 Å². The van der Waals surface area contributed by atoms with Crippen LogP contribution in [-0.4, -0.2) is 53.8 Å². The predicted molar refractivity (Wildman–Crippen MR) is 111 cm³/mol. The minimum atomic E-state index is -0.730. The Bertz CT molecular complexity index is 1220. The number of aromatic nitrogens is 4. The number of imidazole rings is 1. The molecular weight excluding hydrogens is 408 g/mol. The van der Waals surface area contributed by atoms with Crippen LogP contribution in [0.1, 0.15) is 18.3 Å². The summed E-state index contributed by atoms with van der Waals surface area (Å²) in [6, 6.07) is 10.3. The Kier molecular flexibility index (Phi) is 4.79. The molecule has 2 aromatic carbocycles. The third kappa shape index (κ3) is 3.48. The number of H-pyrrole nitrogens is 1. The van der Waals surface area contributed by atoms with Gasteiger partial charge in [0.2, 0.25) is 0 Å². The number of benzene rings is 2. The standard InChI is InChI=1S/C19H18N6O4S/c26-8-16-14(27)7-15(29-16)18-21-10-5-4-9(6-13(10)22-18)20-19(28)23-11-2-1-3-12-17(11)25-30-24-12/h1-6,14-16,26-27H,7-8H2,(H,21,22)(H2,20,23,28)/t14-,15+,16+/m0/s1. The highest BCUT2D eigenvalue weighted by Crippen LogP contribution is 2.32.